The minimum Gasteiger partial charge on any atom is -0.306 e. The molecule has 0 aromatic heterocycles. The van der Waals surface area contributed by atoms with Crippen molar-refractivity contribution in [3.8, 4) is 45.9 Å². The molecule has 0 spiro atoms. The Hall–Kier alpha value is -6.49. The highest BCUT2D eigenvalue weighted by Gasteiger charge is 2.46. The monoisotopic (exact) mass is 1370 g/mol. The van der Waals surface area contributed by atoms with Crippen LogP contribution >= 0.6 is 0 Å². The first-order valence-corrected chi connectivity index (χ1v) is 46.7. The van der Waals surface area contributed by atoms with Gasteiger partial charge >= 0.3 is 0 Å². The van der Waals surface area contributed by atoms with Gasteiger partial charge in [0, 0.05) is 55.2 Å². The Labute approximate surface area is 600 Å². The van der Waals surface area contributed by atoms with Gasteiger partial charge in [0.25, 0.3) is 0 Å². The molecule has 0 atom stereocenters. The minimum atomic E-state index is -2.33. The second-order valence-electron chi connectivity index (χ2n) is 35.2. The number of hydrogen-bond acceptors (Lipinski definition) is 2. The molecule has 1 aliphatic heterocycles. The van der Waals surface area contributed by atoms with E-state index < -0.39 is 32.3 Å². The van der Waals surface area contributed by atoms with E-state index in [9.17, 15) is 0 Å². The lowest BCUT2D eigenvalue weighted by Gasteiger charge is -2.42. The second kappa shape index (κ2) is 28.5. The summed E-state index contributed by atoms with van der Waals surface area (Å²) >= 11 is 0. The van der Waals surface area contributed by atoms with Gasteiger partial charge in [-0.05, 0) is 146 Å². The first-order chi connectivity index (χ1) is 45.8. The lowest BCUT2D eigenvalue weighted by Crippen LogP contribution is -2.43. The standard InChI is InChI=1S/C92H122N2Si4/c1-59(2)95(60(3)4,61(5)6)55-51-79-75-35-31-33-37-77(75)83(53-57-97(65(13)14,66(15)16)67(17)18)87-81(79)47-49-85-89(87)93(73-43-39-71(40-44-73)91(25,26)27)86-50-48-82-80(52-56-96(62(7)8,63(9)10)64(11)12)76-36-32-34-38-78(76)84(54-58-98(68(19)20,69(21)22)70(23)24)88(82)90(86)94(85)74-45-41-72(42-46-74)92(28,29)30/h31-50,59-70H,1-30H3. The zero-order valence-corrected chi connectivity index (χ0v) is 70.4. The van der Waals surface area contributed by atoms with E-state index in [2.05, 4.69) is 385 Å². The Balaban J connectivity index is 1.66. The van der Waals surface area contributed by atoms with Gasteiger partial charge in [0.15, 0.2) is 0 Å². The summed E-state index contributed by atoms with van der Waals surface area (Å²) in [5.41, 5.74) is 36.2. The highest BCUT2D eigenvalue weighted by molar-refractivity contribution is 6.92. The molecule has 98 heavy (non-hydrogen) atoms. The molecule has 0 amide bonds. The van der Waals surface area contributed by atoms with Crippen molar-refractivity contribution < 1.29 is 0 Å². The van der Waals surface area contributed by atoms with Crippen molar-refractivity contribution in [3.63, 3.8) is 0 Å². The number of hydrogen-bond donors (Lipinski definition) is 0. The topological polar surface area (TPSA) is 6.48 Å². The fourth-order valence-corrected chi connectivity index (χ4v) is 40.1. The van der Waals surface area contributed by atoms with E-state index in [1.54, 1.807) is 0 Å². The molecule has 0 radical (unpaired) electrons. The lowest BCUT2D eigenvalue weighted by molar-refractivity contribution is 0.590. The molecule has 8 aromatic carbocycles. The summed E-state index contributed by atoms with van der Waals surface area (Å²) in [4.78, 5) is 5.32. The van der Waals surface area contributed by atoms with Crippen LogP contribution in [0.1, 0.15) is 241 Å². The average molecular weight is 1370 g/mol. The summed E-state index contributed by atoms with van der Waals surface area (Å²) in [5, 5.41) is 9.25. The van der Waals surface area contributed by atoms with Gasteiger partial charge in [-0.25, -0.2) is 0 Å². The maximum Gasteiger partial charge on any atom is 0.146 e. The largest absolute Gasteiger partial charge is 0.306 e. The van der Waals surface area contributed by atoms with Crippen LogP contribution in [0.5, 0.6) is 0 Å². The third-order valence-corrected chi connectivity index (χ3v) is 49.4. The molecule has 0 aliphatic carbocycles. The summed E-state index contributed by atoms with van der Waals surface area (Å²) < 4.78 is 0. The van der Waals surface area contributed by atoms with E-state index in [4.69, 9.17) is 0 Å². The van der Waals surface area contributed by atoms with Crippen LogP contribution in [0.3, 0.4) is 0 Å². The Kier molecular flexibility index (Phi) is 22.0. The molecular formula is C92H122N2Si4. The molecule has 0 N–H and O–H groups in total. The summed E-state index contributed by atoms with van der Waals surface area (Å²) in [6.07, 6.45) is 0. The highest BCUT2D eigenvalue weighted by Crippen LogP contribution is 2.61. The highest BCUT2D eigenvalue weighted by atomic mass is 28.3. The molecule has 0 saturated heterocycles. The zero-order chi connectivity index (χ0) is 72.4. The van der Waals surface area contributed by atoms with Gasteiger partial charge in [-0.1, -0.05) is 316 Å². The van der Waals surface area contributed by atoms with E-state index in [-0.39, 0.29) is 10.8 Å². The predicted molar refractivity (Wildman–Crippen MR) is 448 cm³/mol. The summed E-state index contributed by atoms with van der Waals surface area (Å²) in [7, 11) is -9.19. The van der Waals surface area contributed by atoms with Gasteiger partial charge < -0.3 is 9.80 Å². The number of rotatable bonds is 14. The molecule has 6 heteroatoms. The third kappa shape index (κ3) is 12.9. The fourth-order valence-electron chi connectivity index (χ4n) is 19.2. The van der Waals surface area contributed by atoms with Crippen molar-refractivity contribution in [1.29, 1.82) is 0 Å². The third-order valence-electron chi connectivity index (χ3n) is 24.3. The first kappa shape index (κ1) is 75.7. The van der Waals surface area contributed by atoms with Gasteiger partial charge in [0.2, 0.25) is 0 Å². The van der Waals surface area contributed by atoms with Crippen molar-refractivity contribution in [1.82, 2.24) is 0 Å². The summed E-state index contributed by atoms with van der Waals surface area (Å²) in [6.45, 7) is 72.7. The maximum atomic E-state index is 4.37. The lowest BCUT2D eigenvalue weighted by atomic mass is 9.85. The van der Waals surface area contributed by atoms with Crippen molar-refractivity contribution >= 4 is 110 Å². The molecule has 9 rings (SSSR count). The van der Waals surface area contributed by atoms with Crippen LogP contribution < -0.4 is 9.80 Å². The quantitative estimate of drug-likeness (QED) is 0.0608. The van der Waals surface area contributed by atoms with Gasteiger partial charge in [0.1, 0.15) is 32.3 Å². The molecule has 0 fully saturated rings. The number of fused-ring (bicyclic) bond motifs is 8. The van der Waals surface area contributed by atoms with Crippen LogP contribution in [0, 0.1) is 45.9 Å². The molecule has 2 nitrogen and oxygen atoms in total. The van der Waals surface area contributed by atoms with Crippen molar-refractivity contribution in [2.45, 2.75) is 285 Å². The predicted octanol–water partition coefficient (Wildman–Crippen LogP) is 28.4. The van der Waals surface area contributed by atoms with E-state index in [0.29, 0.717) is 66.5 Å². The number of nitrogens with zero attached hydrogens (tertiary/aromatic N) is 2. The van der Waals surface area contributed by atoms with Gasteiger partial charge in [-0.3, -0.25) is 0 Å². The molecule has 0 unspecified atom stereocenters. The molecule has 1 aliphatic rings. The zero-order valence-electron chi connectivity index (χ0n) is 66.4. The smallest absolute Gasteiger partial charge is 0.146 e. The van der Waals surface area contributed by atoms with E-state index >= 15 is 0 Å². The average Bonchev–Trinajstić information content (AvgIpc) is 0.691. The van der Waals surface area contributed by atoms with Gasteiger partial charge in [-0.2, -0.15) is 0 Å². The Morgan fingerprint density at radius 1 is 0.255 bits per heavy atom. The number of benzene rings is 8. The van der Waals surface area contributed by atoms with Crippen LogP contribution in [-0.2, 0) is 10.8 Å². The van der Waals surface area contributed by atoms with Gasteiger partial charge in [-0.15, -0.1) is 22.2 Å². The fraction of sp³-hybridized carbons (Fsp3) is 0.478. The van der Waals surface area contributed by atoms with Gasteiger partial charge in [0.05, 0.1) is 22.7 Å². The van der Waals surface area contributed by atoms with Crippen LogP contribution in [0.4, 0.5) is 34.1 Å². The van der Waals surface area contributed by atoms with Crippen LogP contribution in [0.25, 0.3) is 43.1 Å². The Morgan fingerprint density at radius 3 is 0.684 bits per heavy atom. The number of anilines is 6. The maximum absolute atomic E-state index is 4.37. The Bertz CT molecular complexity index is 4160. The summed E-state index contributed by atoms with van der Waals surface area (Å²) in [5.74, 6) is 17.0. The molecular weight excluding hydrogens is 1250 g/mol. The molecule has 8 aromatic rings. The van der Waals surface area contributed by atoms with Crippen molar-refractivity contribution in [2.75, 3.05) is 9.80 Å². The first-order valence-electron chi connectivity index (χ1n) is 37.8. The Morgan fingerprint density at radius 2 is 0.469 bits per heavy atom. The van der Waals surface area contributed by atoms with Crippen LogP contribution in [0.2, 0.25) is 66.5 Å². The molecule has 1 heterocycles. The van der Waals surface area contributed by atoms with Crippen LogP contribution in [0.15, 0.2) is 121 Å². The summed E-state index contributed by atoms with van der Waals surface area (Å²) in [6, 6.07) is 47.3. The van der Waals surface area contributed by atoms with Crippen molar-refractivity contribution in [3.05, 3.63) is 155 Å². The second-order valence-corrected chi connectivity index (χ2v) is 57.5. The SMILES string of the molecule is CC(C)[Si](C#Cc1c2ccccc2c(C#C[Si](C(C)C)(C(C)C)C(C)C)c2c3c(ccc12)N(c1ccc(C(C)(C)C)cc1)c1c(ccc2c(C#C[Si](C(C)C)(C(C)C)C(C)C)c4ccccc4c(C#C[Si](C(C)C)(C(C)C)C(C)C)c12)N3c1ccc(C(C)(C)C)cc1)(C(C)C)C(C)C. The van der Waals surface area contributed by atoms with Crippen molar-refractivity contribution in [2.24, 2.45) is 0 Å². The minimum absolute atomic E-state index is 0.0712. The molecule has 0 bridgehead atoms. The molecule has 0 saturated carbocycles. The normalized spacial score (nSPS) is 13.5. The molecule has 516 valence electrons. The van der Waals surface area contributed by atoms with E-state index in [0.717, 1.165) is 88.7 Å². The van der Waals surface area contributed by atoms with Crippen LogP contribution in [-0.4, -0.2) is 32.3 Å². The van der Waals surface area contributed by atoms with E-state index in [1.807, 2.05) is 0 Å². The van der Waals surface area contributed by atoms with E-state index in [1.165, 1.54) is 21.9 Å².